The van der Waals surface area contributed by atoms with E-state index in [1.165, 1.54) is 44.0 Å². The minimum atomic E-state index is -0.557. The van der Waals surface area contributed by atoms with Gasteiger partial charge in [0.2, 0.25) is 11.6 Å². The van der Waals surface area contributed by atoms with Gasteiger partial charge in [-0.15, -0.1) is 11.3 Å². The molecule has 0 atom stereocenters. The molecule has 0 radical (unpaired) electrons. The van der Waals surface area contributed by atoms with Crippen LogP contribution in [0.4, 0.5) is 0 Å². The van der Waals surface area contributed by atoms with Crippen molar-refractivity contribution < 1.29 is 14.7 Å². The molecule has 0 aromatic carbocycles. The van der Waals surface area contributed by atoms with Gasteiger partial charge in [-0.1, -0.05) is 58.3 Å². The van der Waals surface area contributed by atoms with Gasteiger partial charge in [-0.05, 0) is 12.8 Å². The van der Waals surface area contributed by atoms with Crippen LogP contribution in [0.15, 0.2) is 11.1 Å². The van der Waals surface area contributed by atoms with E-state index in [1.807, 2.05) is 0 Å². The Bertz CT molecular complexity index is 589. The summed E-state index contributed by atoms with van der Waals surface area (Å²) in [5, 5.41) is 10.2. The molecule has 0 spiro atoms. The lowest BCUT2D eigenvalue weighted by Gasteiger charge is -2.13. The van der Waals surface area contributed by atoms with Crippen molar-refractivity contribution in [3.63, 3.8) is 0 Å². The maximum atomic E-state index is 12.1. The first-order valence-corrected chi connectivity index (χ1v) is 9.49. The molecule has 23 heavy (non-hydrogen) atoms. The van der Waals surface area contributed by atoms with E-state index in [1.54, 1.807) is 0 Å². The third-order valence-electron chi connectivity index (χ3n) is 4.29. The molecule has 1 N–H and O–H groups in total. The summed E-state index contributed by atoms with van der Waals surface area (Å²) in [6, 6.07) is 0. The molecule has 126 valence electrons. The smallest absolute Gasteiger partial charge is 0.245 e. The van der Waals surface area contributed by atoms with E-state index >= 15 is 0 Å². The van der Waals surface area contributed by atoms with Gasteiger partial charge in [-0.25, -0.2) is 4.98 Å². The maximum Gasteiger partial charge on any atom is 0.245 e. The molecular formula is C18H25NO3S. The average Bonchev–Trinajstić information content (AvgIpc) is 3.04. The Kier molecular flexibility index (Phi) is 6.96. The van der Waals surface area contributed by atoms with E-state index in [-0.39, 0.29) is 21.9 Å². The minimum Gasteiger partial charge on any atom is -0.505 e. The first kappa shape index (κ1) is 17.9. The Hall–Kier alpha value is -1.49. The number of aliphatic hydroxyl groups is 1. The molecule has 1 aromatic rings. The predicted octanol–water partition coefficient (Wildman–Crippen LogP) is 5.10. The second kappa shape index (κ2) is 8.96. The first-order chi connectivity index (χ1) is 11.2. The van der Waals surface area contributed by atoms with Crippen molar-refractivity contribution in [1.82, 2.24) is 4.98 Å². The van der Waals surface area contributed by atoms with E-state index in [0.29, 0.717) is 6.42 Å². The van der Waals surface area contributed by atoms with Crippen LogP contribution in [0.1, 0.15) is 86.5 Å². The highest BCUT2D eigenvalue weighted by Crippen LogP contribution is 2.31. The van der Waals surface area contributed by atoms with E-state index in [0.717, 1.165) is 30.6 Å². The Labute approximate surface area is 141 Å². The second-order valence-corrected chi connectivity index (χ2v) is 6.95. The molecule has 5 heteroatoms. The van der Waals surface area contributed by atoms with Crippen LogP contribution >= 0.6 is 11.3 Å². The van der Waals surface area contributed by atoms with Crippen LogP contribution in [0.3, 0.4) is 0 Å². The third-order valence-corrected chi connectivity index (χ3v) is 5.12. The lowest BCUT2D eigenvalue weighted by molar-refractivity contribution is -0.112. The van der Waals surface area contributed by atoms with Crippen molar-refractivity contribution in [3.8, 4) is 0 Å². The van der Waals surface area contributed by atoms with E-state index < -0.39 is 11.6 Å². The zero-order valence-corrected chi connectivity index (χ0v) is 14.6. The zero-order valence-electron chi connectivity index (χ0n) is 13.8. The first-order valence-electron chi connectivity index (χ1n) is 8.61. The summed E-state index contributed by atoms with van der Waals surface area (Å²) in [6.45, 7) is 2.22. The van der Waals surface area contributed by atoms with E-state index in [9.17, 15) is 14.7 Å². The molecule has 1 aromatic heterocycles. The number of carbonyl (C=O) groups excluding carboxylic acids is 2. The molecule has 0 fully saturated rings. The number of ketones is 2. The molecule has 0 saturated heterocycles. The number of rotatable bonds is 10. The van der Waals surface area contributed by atoms with Crippen molar-refractivity contribution in [2.75, 3.05) is 0 Å². The highest BCUT2D eigenvalue weighted by atomic mass is 32.1. The molecule has 2 rings (SSSR count). The van der Waals surface area contributed by atoms with Gasteiger partial charge in [0.05, 0.1) is 5.51 Å². The fourth-order valence-electron chi connectivity index (χ4n) is 2.91. The zero-order chi connectivity index (χ0) is 16.7. The van der Waals surface area contributed by atoms with Gasteiger partial charge in [-0.3, -0.25) is 9.59 Å². The number of thiazole rings is 1. The Morgan fingerprint density at radius 2 is 1.57 bits per heavy atom. The lowest BCUT2D eigenvalue weighted by atomic mass is 9.92. The van der Waals surface area contributed by atoms with Gasteiger partial charge < -0.3 is 5.11 Å². The number of unbranched alkanes of at least 4 members (excludes halogenated alkanes) is 8. The number of Topliss-reactive ketones (excluding diaryl/α,β-unsaturated/α-hetero) is 2. The van der Waals surface area contributed by atoms with Crippen LogP contribution in [-0.4, -0.2) is 21.7 Å². The molecule has 4 nitrogen and oxygen atoms in total. The normalized spacial score (nSPS) is 14.5. The van der Waals surface area contributed by atoms with Crippen molar-refractivity contribution in [3.05, 3.63) is 21.7 Å². The third kappa shape index (κ3) is 4.50. The van der Waals surface area contributed by atoms with Gasteiger partial charge in [0.1, 0.15) is 16.3 Å². The van der Waals surface area contributed by atoms with E-state index in [2.05, 4.69) is 11.9 Å². The van der Waals surface area contributed by atoms with Gasteiger partial charge >= 0.3 is 0 Å². The molecule has 0 aliphatic heterocycles. The number of hydrogen-bond donors (Lipinski definition) is 1. The number of carbonyl (C=O) groups is 2. The monoisotopic (exact) mass is 335 g/mol. The fraction of sp³-hybridized carbons (Fsp3) is 0.611. The predicted molar refractivity (Wildman–Crippen MR) is 92.8 cm³/mol. The summed E-state index contributed by atoms with van der Waals surface area (Å²) >= 11 is 1.11. The average molecular weight is 335 g/mol. The molecule has 1 aliphatic rings. The standard InChI is InChI=1S/C18H25NO3S/c1-2-3-4-5-6-7-8-9-10-11-13-15(20)14-18(23-12-19-14)17(22)16(13)21/h12,20H,2-11H2,1H3. The summed E-state index contributed by atoms with van der Waals surface area (Å²) < 4.78 is 0. The van der Waals surface area contributed by atoms with E-state index in [4.69, 9.17) is 0 Å². The summed E-state index contributed by atoms with van der Waals surface area (Å²) in [7, 11) is 0. The Morgan fingerprint density at radius 3 is 2.22 bits per heavy atom. The molecule has 1 heterocycles. The summed E-state index contributed by atoms with van der Waals surface area (Å²) in [5.74, 6) is -1.17. The van der Waals surface area contributed by atoms with Crippen LogP contribution in [0.2, 0.25) is 0 Å². The van der Waals surface area contributed by atoms with Gasteiger partial charge in [-0.2, -0.15) is 0 Å². The second-order valence-electron chi connectivity index (χ2n) is 6.09. The van der Waals surface area contributed by atoms with Crippen molar-refractivity contribution >= 4 is 28.7 Å². The number of nitrogens with zero attached hydrogens (tertiary/aromatic N) is 1. The van der Waals surface area contributed by atoms with Crippen LogP contribution in [0, 0.1) is 0 Å². The quantitative estimate of drug-likeness (QED) is 0.477. The topological polar surface area (TPSA) is 67.3 Å². The van der Waals surface area contributed by atoms with Crippen LogP contribution in [0.25, 0.3) is 5.76 Å². The highest BCUT2D eigenvalue weighted by molar-refractivity contribution is 7.13. The molecule has 0 bridgehead atoms. The van der Waals surface area contributed by atoms with Crippen molar-refractivity contribution in [1.29, 1.82) is 0 Å². The number of allylic oxidation sites excluding steroid dienone is 1. The van der Waals surface area contributed by atoms with Gasteiger partial charge in [0, 0.05) is 5.57 Å². The molecular weight excluding hydrogens is 310 g/mol. The summed E-state index contributed by atoms with van der Waals surface area (Å²) in [4.78, 5) is 28.3. The Morgan fingerprint density at radius 1 is 0.957 bits per heavy atom. The largest absolute Gasteiger partial charge is 0.505 e. The van der Waals surface area contributed by atoms with Gasteiger partial charge in [0.15, 0.2) is 0 Å². The fourth-order valence-corrected chi connectivity index (χ4v) is 3.64. The van der Waals surface area contributed by atoms with Crippen molar-refractivity contribution in [2.24, 2.45) is 0 Å². The molecule has 0 saturated carbocycles. The van der Waals surface area contributed by atoms with Crippen LogP contribution in [-0.2, 0) is 4.79 Å². The molecule has 1 aliphatic carbocycles. The van der Waals surface area contributed by atoms with Crippen LogP contribution in [0.5, 0.6) is 0 Å². The number of hydrogen-bond acceptors (Lipinski definition) is 5. The molecule has 0 amide bonds. The van der Waals surface area contributed by atoms with Crippen LogP contribution < -0.4 is 0 Å². The Balaban J connectivity index is 1.74. The molecule has 0 unspecified atom stereocenters. The number of aromatic nitrogens is 1. The highest BCUT2D eigenvalue weighted by Gasteiger charge is 2.34. The lowest BCUT2D eigenvalue weighted by Crippen LogP contribution is -2.23. The number of fused-ring (bicyclic) bond motifs is 1. The van der Waals surface area contributed by atoms with Crippen molar-refractivity contribution in [2.45, 2.75) is 71.1 Å². The maximum absolute atomic E-state index is 12.1. The number of aliphatic hydroxyl groups excluding tert-OH is 1. The summed E-state index contributed by atoms with van der Waals surface area (Å²) in [5.41, 5.74) is 2.02. The summed E-state index contributed by atoms with van der Waals surface area (Å²) in [6.07, 6.45) is 11.2. The SMILES string of the molecule is CCCCCCCCCCCC1=C(O)c2ncsc2C(=O)C1=O. The minimum absolute atomic E-state index is 0.0922. The van der Waals surface area contributed by atoms with Gasteiger partial charge in [0.25, 0.3) is 0 Å².